The molecule has 4 aromatic rings. The largest absolute Gasteiger partial charge is 0.507 e. The van der Waals surface area contributed by atoms with Crippen LogP contribution in [-0.2, 0) is 18.5 Å². The van der Waals surface area contributed by atoms with Gasteiger partial charge in [0.1, 0.15) is 5.75 Å². The third-order valence-corrected chi connectivity index (χ3v) is 5.89. The van der Waals surface area contributed by atoms with E-state index in [0.717, 1.165) is 22.2 Å². The SMILES string of the molecule is Br.Cc1cc(C(=O)Cn2c(=N)n(Cc3ccccc3)c3ccccc32)cc(C(C)(C)C)c1O. The minimum atomic E-state index is -0.287. The molecule has 0 bridgehead atoms. The van der Waals surface area contributed by atoms with Gasteiger partial charge in [-0.3, -0.25) is 10.2 Å². The van der Waals surface area contributed by atoms with Crippen LogP contribution in [0.4, 0.5) is 0 Å². The van der Waals surface area contributed by atoms with Crippen LogP contribution in [0.5, 0.6) is 5.75 Å². The molecule has 172 valence electrons. The van der Waals surface area contributed by atoms with Crippen molar-refractivity contribution in [3.05, 3.63) is 94.6 Å². The number of benzene rings is 3. The first-order chi connectivity index (χ1) is 15.2. The molecule has 0 amide bonds. The number of nitrogens with zero attached hydrogens (tertiary/aromatic N) is 2. The minimum absolute atomic E-state index is 0. The molecule has 1 aromatic heterocycles. The van der Waals surface area contributed by atoms with Crippen molar-refractivity contribution < 1.29 is 9.90 Å². The number of carbonyl (C=O) groups is 1. The predicted octanol–water partition coefficient (Wildman–Crippen LogP) is 5.74. The van der Waals surface area contributed by atoms with E-state index in [1.165, 1.54) is 0 Å². The molecule has 0 saturated heterocycles. The summed E-state index contributed by atoms with van der Waals surface area (Å²) in [5, 5.41) is 19.3. The number of imidazole rings is 1. The first-order valence-electron chi connectivity index (χ1n) is 10.8. The number of carbonyl (C=O) groups excluding carboxylic acids is 1. The van der Waals surface area contributed by atoms with Gasteiger partial charge >= 0.3 is 0 Å². The molecule has 2 N–H and O–H groups in total. The van der Waals surface area contributed by atoms with Crippen molar-refractivity contribution in [3.8, 4) is 5.75 Å². The lowest BCUT2D eigenvalue weighted by atomic mass is 9.83. The summed E-state index contributed by atoms with van der Waals surface area (Å²) < 4.78 is 3.69. The Kier molecular flexibility index (Phi) is 6.98. The van der Waals surface area contributed by atoms with Crippen LogP contribution in [0.2, 0.25) is 0 Å². The van der Waals surface area contributed by atoms with Gasteiger partial charge in [0.25, 0.3) is 0 Å². The van der Waals surface area contributed by atoms with Crippen LogP contribution in [-0.4, -0.2) is 20.0 Å². The molecule has 0 atom stereocenters. The van der Waals surface area contributed by atoms with Crippen molar-refractivity contribution >= 4 is 33.8 Å². The third kappa shape index (κ3) is 4.81. The lowest BCUT2D eigenvalue weighted by molar-refractivity contribution is 0.0971. The number of ketones is 1. The monoisotopic (exact) mass is 507 g/mol. The number of fused-ring (bicyclic) bond motifs is 1. The molecule has 5 nitrogen and oxygen atoms in total. The Morgan fingerprint density at radius 3 is 2.12 bits per heavy atom. The maximum Gasteiger partial charge on any atom is 0.203 e. The van der Waals surface area contributed by atoms with E-state index in [2.05, 4.69) is 0 Å². The summed E-state index contributed by atoms with van der Waals surface area (Å²) in [7, 11) is 0. The van der Waals surface area contributed by atoms with Gasteiger partial charge in [0.15, 0.2) is 5.78 Å². The van der Waals surface area contributed by atoms with E-state index in [0.29, 0.717) is 17.7 Å². The quantitative estimate of drug-likeness (QED) is 0.338. The van der Waals surface area contributed by atoms with Crippen LogP contribution in [0, 0.1) is 12.3 Å². The summed E-state index contributed by atoms with van der Waals surface area (Å²) in [5.74, 6) is 0.155. The highest BCUT2D eigenvalue weighted by Crippen LogP contribution is 2.34. The molecule has 1 heterocycles. The number of aryl methyl sites for hydroxylation is 1. The topological polar surface area (TPSA) is 71.0 Å². The molecule has 0 saturated carbocycles. The standard InChI is InChI=1S/C27H29N3O2.BrH/c1-18-14-20(15-21(25(18)32)27(2,3)4)24(31)17-30-23-13-9-8-12-22(23)29(26(30)28)16-19-10-6-5-7-11-19;/h5-15,28,32H,16-17H2,1-4H3;1H. The van der Waals surface area contributed by atoms with E-state index >= 15 is 0 Å². The van der Waals surface area contributed by atoms with Crippen molar-refractivity contribution in [2.24, 2.45) is 0 Å². The van der Waals surface area contributed by atoms with E-state index in [1.54, 1.807) is 16.7 Å². The number of Topliss-reactive ketones (excluding diaryl/α,β-unsaturated/α-hetero) is 1. The van der Waals surface area contributed by atoms with Gasteiger partial charge in [-0.2, -0.15) is 0 Å². The molecule has 0 radical (unpaired) electrons. The zero-order valence-electron chi connectivity index (χ0n) is 19.4. The average Bonchev–Trinajstić information content (AvgIpc) is 3.01. The van der Waals surface area contributed by atoms with Crippen molar-refractivity contribution in [2.75, 3.05) is 0 Å². The highest BCUT2D eigenvalue weighted by atomic mass is 79.9. The molecule has 0 unspecified atom stereocenters. The summed E-state index contributed by atoms with van der Waals surface area (Å²) in [6.45, 7) is 8.50. The summed E-state index contributed by atoms with van der Waals surface area (Å²) in [6, 6.07) is 21.4. The van der Waals surface area contributed by atoms with Crippen LogP contribution in [0.15, 0.2) is 66.7 Å². The number of rotatable bonds is 5. The van der Waals surface area contributed by atoms with Gasteiger partial charge in [-0.15, -0.1) is 17.0 Å². The van der Waals surface area contributed by atoms with Gasteiger partial charge < -0.3 is 14.2 Å². The maximum atomic E-state index is 13.3. The lowest BCUT2D eigenvalue weighted by Gasteiger charge is -2.22. The third-order valence-electron chi connectivity index (χ3n) is 5.89. The number of hydrogen-bond acceptors (Lipinski definition) is 3. The molecule has 0 aliphatic rings. The second-order valence-corrected chi connectivity index (χ2v) is 9.33. The molecule has 0 aliphatic carbocycles. The number of halogens is 1. The second kappa shape index (κ2) is 9.40. The molecule has 0 aliphatic heterocycles. The number of aromatic hydroxyl groups is 1. The number of aromatic nitrogens is 2. The van der Waals surface area contributed by atoms with Crippen LogP contribution < -0.4 is 5.62 Å². The first kappa shape index (κ1) is 24.5. The van der Waals surface area contributed by atoms with Gasteiger partial charge in [-0.1, -0.05) is 63.2 Å². The van der Waals surface area contributed by atoms with Crippen LogP contribution in [0.3, 0.4) is 0 Å². The number of para-hydroxylation sites is 2. The zero-order chi connectivity index (χ0) is 23.0. The van der Waals surface area contributed by atoms with E-state index in [9.17, 15) is 9.90 Å². The minimum Gasteiger partial charge on any atom is -0.507 e. The Labute approximate surface area is 204 Å². The van der Waals surface area contributed by atoms with Crippen molar-refractivity contribution in [1.82, 2.24) is 9.13 Å². The highest BCUT2D eigenvalue weighted by molar-refractivity contribution is 8.93. The molecule has 0 fully saturated rings. The zero-order valence-corrected chi connectivity index (χ0v) is 21.1. The lowest BCUT2D eigenvalue weighted by Crippen LogP contribution is -2.28. The fraction of sp³-hybridized carbons (Fsp3) is 0.259. The molecule has 33 heavy (non-hydrogen) atoms. The number of phenols is 1. The first-order valence-corrected chi connectivity index (χ1v) is 10.8. The Hall–Kier alpha value is -3.12. The van der Waals surface area contributed by atoms with Crippen molar-refractivity contribution in [2.45, 2.75) is 46.2 Å². The molecule has 4 rings (SSSR count). The molecular weight excluding hydrogens is 478 g/mol. The Morgan fingerprint density at radius 1 is 0.939 bits per heavy atom. The molecule has 3 aromatic carbocycles. The Bertz CT molecular complexity index is 1360. The summed E-state index contributed by atoms with van der Waals surface area (Å²) in [6.07, 6.45) is 0. The van der Waals surface area contributed by atoms with E-state index < -0.39 is 0 Å². The summed E-state index contributed by atoms with van der Waals surface area (Å²) >= 11 is 0. The van der Waals surface area contributed by atoms with Gasteiger partial charge in [0.05, 0.1) is 24.1 Å². The normalized spacial score (nSPS) is 11.4. The Balaban J connectivity index is 0.00000306. The van der Waals surface area contributed by atoms with Crippen molar-refractivity contribution in [3.63, 3.8) is 0 Å². The number of phenolic OH excluding ortho intramolecular Hbond substituents is 1. The maximum absolute atomic E-state index is 13.3. The van der Waals surface area contributed by atoms with E-state index in [-0.39, 0.29) is 46.1 Å². The van der Waals surface area contributed by atoms with Crippen LogP contribution in [0.25, 0.3) is 11.0 Å². The fourth-order valence-corrected chi connectivity index (χ4v) is 4.13. The number of nitrogens with one attached hydrogen (secondary N) is 1. The molecular formula is C27H30BrN3O2. The fourth-order valence-electron chi connectivity index (χ4n) is 4.13. The highest BCUT2D eigenvalue weighted by Gasteiger charge is 2.22. The summed E-state index contributed by atoms with van der Waals surface area (Å²) in [4.78, 5) is 13.3. The smallest absolute Gasteiger partial charge is 0.203 e. The average molecular weight is 508 g/mol. The van der Waals surface area contributed by atoms with Gasteiger partial charge in [0, 0.05) is 11.1 Å². The predicted molar refractivity (Wildman–Crippen MR) is 138 cm³/mol. The van der Waals surface area contributed by atoms with Gasteiger partial charge in [-0.05, 0) is 47.7 Å². The van der Waals surface area contributed by atoms with Gasteiger partial charge in [0.2, 0.25) is 5.62 Å². The molecule has 6 heteroatoms. The van der Waals surface area contributed by atoms with Crippen LogP contribution in [0.1, 0.15) is 47.8 Å². The van der Waals surface area contributed by atoms with Crippen molar-refractivity contribution in [1.29, 1.82) is 5.41 Å². The van der Waals surface area contributed by atoms with Gasteiger partial charge in [-0.25, -0.2) is 0 Å². The Morgan fingerprint density at radius 2 is 1.52 bits per heavy atom. The second-order valence-electron chi connectivity index (χ2n) is 9.33. The van der Waals surface area contributed by atoms with Crippen LogP contribution >= 0.6 is 17.0 Å². The summed E-state index contributed by atoms with van der Waals surface area (Å²) in [5.41, 5.74) is 4.87. The number of hydrogen-bond donors (Lipinski definition) is 2. The molecule has 0 spiro atoms. The van der Waals surface area contributed by atoms with E-state index in [4.69, 9.17) is 5.41 Å². The van der Waals surface area contributed by atoms with E-state index in [1.807, 2.05) is 86.9 Å².